The lowest BCUT2D eigenvalue weighted by atomic mass is 9.86. The van der Waals surface area contributed by atoms with Crippen molar-refractivity contribution in [3.8, 4) is 0 Å². The van der Waals surface area contributed by atoms with Crippen molar-refractivity contribution in [2.24, 2.45) is 22.7 Å². The maximum absolute atomic E-state index is 5.22. The van der Waals surface area contributed by atoms with Crippen LogP contribution in [0.15, 0.2) is 29.5 Å². The van der Waals surface area contributed by atoms with Gasteiger partial charge in [0.05, 0.1) is 18.8 Å². The van der Waals surface area contributed by atoms with E-state index in [-0.39, 0.29) is 5.92 Å². The van der Waals surface area contributed by atoms with Crippen molar-refractivity contribution in [2.45, 2.75) is 27.2 Å². The lowest BCUT2D eigenvalue weighted by Crippen LogP contribution is -2.18. The minimum Gasteiger partial charge on any atom is -0.501 e. The predicted molar refractivity (Wildman–Crippen MR) is 71.8 cm³/mol. The Morgan fingerprint density at radius 2 is 2.06 bits per heavy atom. The van der Waals surface area contributed by atoms with Gasteiger partial charge in [-0.3, -0.25) is 0 Å². The molecule has 0 saturated carbocycles. The second kappa shape index (κ2) is 8.14. The van der Waals surface area contributed by atoms with Crippen LogP contribution in [0.2, 0.25) is 0 Å². The van der Waals surface area contributed by atoms with Crippen LogP contribution < -0.4 is 0 Å². The molecule has 1 unspecified atom stereocenters. The fourth-order valence-electron chi connectivity index (χ4n) is 1.98. The van der Waals surface area contributed by atoms with Crippen LogP contribution in [0.25, 0.3) is 0 Å². The van der Waals surface area contributed by atoms with Gasteiger partial charge in [-0.2, -0.15) is 0 Å². The molecule has 0 aromatic carbocycles. The lowest BCUT2D eigenvalue weighted by Gasteiger charge is -2.23. The maximum atomic E-state index is 5.22. The minimum atomic E-state index is 0.211. The van der Waals surface area contributed by atoms with Crippen molar-refractivity contribution < 1.29 is 4.74 Å². The third-order valence-electron chi connectivity index (χ3n) is 2.82. The Morgan fingerprint density at radius 1 is 1.44 bits per heavy atom. The van der Waals surface area contributed by atoms with E-state index < -0.39 is 0 Å². The molecule has 0 bridgehead atoms. The van der Waals surface area contributed by atoms with Gasteiger partial charge in [-0.05, 0) is 25.2 Å². The molecule has 0 N–H and O–H groups in total. The molecule has 2 nitrogen and oxygen atoms in total. The highest BCUT2D eigenvalue weighted by Gasteiger charge is 2.20. The summed E-state index contributed by atoms with van der Waals surface area (Å²) in [4.78, 5) is 4.10. The van der Waals surface area contributed by atoms with E-state index in [0.717, 1.165) is 12.2 Å². The van der Waals surface area contributed by atoms with Gasteiger partial charge in [-0.1, -0.05) is 32.6 Å². The molecule has 0 amide bonds. The van der Waals surface area contributed by atoms with Crippen molar-refractivity contribution >= 4 is 6.21 Å². The van der Waals surface area contributed by atoms with Gasteiger partial charge < -0.3 is 9.73 Å². The summed E-state index contributed by atoms with van der Waals surface area (Å²) in [7, 11) is 3.46. The second-order valence-electron chi connectivity index (χ2n) is 4.32. The predicted octanol–water partition coefficient (Wildman–Crippen LogP) is 3.70. The first-order chi connectivity index (χ1) is 7.56. The summed E-state index contributed by atoms with van der Waals surface area (Å²) in [5.74, 6) is 2.08. The summed E-state index contributed by atoms with van der Waals surface area (Å²) in [6.45, 7) is 10.4. The van der Waals surface area contributed by atoms with E-state index in [1.54, 1.807) is 14.2 Å². The van der Waals surface area contributed by atoms with E-state index in [2.05, 4.69) is 44.5 Å². The first-order valence-corrected chi connectivity index (χ1v) is 5.84. The van der Waals surface area contributed by atoms with Gasteiger partial charge in [0.2, 0.25) is 0 Å². The molecule has 0 aliphatic rings. The molecule has 0 fully saturated rings. The highest BCUT2D eigenvalue weighted by molar-refractivity contribution is 5.64. The fourth-order valence-corrected chi connectivity index (χ4v) is 1.98. The minimum absolute atomic E-state index is 0.211. The van der Waals surface area contributed by atoms with Crippen LogP contribution in [-0.4, -0.2) is 20.4 Å². The van der Waals surface area contributed by atoms with E-state index >= 15 is 0 Å². The molecule has 0 aliphatic carbocycles. The largest absolute Gasteiger partial charge is 0.501 e. The fraction of sp³-hybridized carbons (Fsp3) is 0.643. The van der Waals surface area contributed by atoms with E-state index in [1.165, 1.54) is 0 Å². The van der Waals surface area contributed by atoms with Crippen LogP contribution in [-0.2, 0) is 4.74 Å². The lowest BCUT2D eigenvalue weighted by molar-refractivity contribution is 0.235. The van der Waals surface area contributed by atoms with Crippen molar-refractivity contribution in [2.75, 3.05) is 14.2 Å². The number of ether oxygens (including phenoxy) is 1. The molecule has 0 rings (SSSR count). The number of aliphatic imine (C=N–C) groups is 1. The summed E-state index contributed by atoms with van der Waals surface area (Å²) in [5.41, 5.74) is 0. The summed E-state index contributed by atoms with van der Waals surface area (Å²) < 4.78 is 5.22. The quantitative estimate of drug-likeness (QED) is 0.366. The van der Waals surface area contributed by atoms with Gasteiger partial charge in [0.1, 0.15) is 0 Å². The highest BCUT2D eigenvalue weighted by atomic mass is 16.5. The number of methoxy groups -OCH3 is 1. The molecule has 0 heterocycles. The van der Waals surface area contributed by atoms with Crippen molar-refractivity contribution in [3.05, 3.63) is 24.5 Å². The Morgan fingerprint density at radius 3 is 2.50 bits per heavy atom. The maximum Gasteiger partial charge on any atom is 0.0970 e. The van der Waals surface area contributed by atoms with Crippen LogP contribution in [0, 0.1) is 17.8 Å². The first kappa shape index (κ1) is 14.9. The van der Waals surface area contributed by atoms with Crippen molar-refractivity contribution in [1.29, 1.82) is 0 Å². The highest BCUT2D eigenvalue weighted by Crippen LogP contribution is 2.25. The van der Waals surface area contributed by atoms with Crippen LogP contribution in [0.3, 0.4) is 0 Å². The zero-order valence-electron chi connectivity index (χ0n) is 11.2. The Balaban J connectivity index is 4.49. The van der Waals surface area contributed by atoms with E-state index in [1.807, 2.05) is 6.21 Å². The molecule has 0 aromatic rings. The third-order valence-corrected chi connectivity index (χ3v) is 2.82. The monoisotopic (exact) mass is 223 g/mol. The number of nitrogens with zero attached hydrogens (tertiary/aromatic N) is 1. The average molecular weight is 223 g/mol. The van der Waals surface area contributed by atoms with Gasteiger partial charge >= 0.3 is 0 Å². The topological polar surface area (TPSA) is 21.6 Å². The van der Waals surface area contributed by atoms with Crippen LogP contribution in [0.4, 0.5) is 0 Å². The van der Waals surface area contributed by atoms with Crippen LogP contribution in [0.5, 0.6) is 0 Å². The molecule has 92 valence electrons. The zero-order chi connectivity index (χ0) is 12.6. The van der Waals surface area contributed by atoms with Gasteiger partial charge in [0, 0.05) is 13.3 Å². The summed E-state index contributed by atoms with van der Waals surface area (Å²) >= 11 is 0. The standard InChI is InChI=1S/C14H25NO/c1-7-8-11(2)9-12(3)14(10-15-5)13(4)16-6/h7-8,10-12,14H,4,9H2,1-3,5-6H3/b8-7-,15-10+/t11-,12-,14?/m1/s1. The Kier molecular flexibility index (Phi) is 7.61. The number of hydrogen-bond donors (Lipinski definition) is 0. The van der Waals surface area contributed by atoms with E-state index in [9.17, 15) is 0 Å². The second-order valence-corrected chi connectivity index (χ2v) is 4.32. The van der Waals surface area contributed by atoms with Crippen molar-refractivity contribution in [3.63, 3.8) is 0 Å². The summed E-state index contributed by atoms with van der Waals surface area (Å²) in [6.07, 6.45) is 7.37. The molecule has 3 atom stereocenters. The molecule has 0 aliphatic heterocycles. The summed E-state index contributed by atoms with van der Waals surface area (Å²) in [5, 5.41) is 0. The molecule has 0 aromatic heterocycles. The first-order valence-electron chi connectivity index (χ1n) is 5.84. The van der Waals surface area contributed by atoms with E-state index in [0.29, 0.717) is 11.8 Å². The molecular weight excluding hydrogens is 198 g/mol. The van der Waals surface area contributed by atoms with Gasteiger partial charge in [-0.15, -0.1) is 0 Å². The summed E-state index contributed by atoms with van der Waals surface area (Å²) in [6, 6.07) is 0. The van der Waals surface area contributed by atoms with Gasteiger partial charge in [0.15, 0.2) is 0 Å². The van der Waals surface area contributed by atoms with Crippen LogP contribution in [0.1, 0.15) is 27.2 Å². The molecule has 2 heteroatoms. The Hall–Kier alpha value is -1.05. The number of allylic oxidation sites excluding steroid dienone is 3. The Labute approximate surface area is 100 Å². The molecule has 16 heavy (non-hydrogen) atoms. The third kappa shape index (κ3) is 5.15. The molecule has 0 radical (unpaired) electrons. The zero-order valence-corrected chi connectivity index (χ0v) is 11.2. The molecule has 0 spiro atoms. The SMILES string of the molecule is C=C(OC)C(/C=N/C)[C@H](C)C[C@H](C)/C=C\C. The average Bonchev–Trinajstić information content (AvgIpc) is 2.24. The normalized spacial score (nSPS) is 17.6. The van der Waals surface area contributed by atoms with Crippen LogP contribution >= 0.6 is 0 Å². The van der Waals surface area contributed by atoms with Gasteiger partial charge in [-0.25, -0.2) is 0 Å². The van der Waals surface area contributed by atoms with Gasteiger partial charge in [0.25, 0.3) is 0 Å². The smallest absolute Gasteiger partial charge is 0.0970 e. The molecular formula is C14H25NO. The number of rotatable bonds is 7. The van der Waals surface area contributed by atoms with E-state index in [4.69, 9.17) is 4.74 Å². The Bertz CT molecular complexity index is 255. The van der Waals surface area contributed by atoms with Crippen molar-refractivity contribution in [1.82, 2.24) is 0 Å². The number of hydrogen-bond acceptors (Lipinski definition) is 2. The molecule has 0 saturated heterocycles.